The number of aliphatic imine (C=N–C) groups is 1. The van der Waals surface area contributed by atoms with Gasteiger partial charge in [0.15, 0.2) is 11.6 Å². The Morgan fingerprint density at radius 1 is 1.09 bits per heavy atom. The molecule has 1 aliphatic rings. The second-order valence-corrected chi connectivity index (χ2v) is 8.35. The number of hydrogen-bond donors (Lipinski definition) is 2. The van der Waals surface area contributed by atoms with Gasteiger partial charge in [-0.25, -0.2) is 8.78 Å². The molecule has 1 fully saturated rings. The molecule has 0 radical (unpaired) electrons. The van der Waals surface area contributed by atoms with Crippen LogP contribution in [0.1, 0.15) is 46.1 Å². The van der Waals surface area contributed by atoms with E-state index in [-0.39, 0.29) is 24.8 Å². The zero-order valence-electron chi connectivity index (χ0n) is 18.1. The molecule has 0 bridgehead atoms. The van der Waals surface area contributed by atoms with Gasteiger partial charge in [-0.1, -0.05) is 12.1 Å². The van der Waals surface area contributed by atoms with Gasteiger partial charge in [0, 0.05) is 35.8 Å². The Morgan fingerprint density at radius 3 is 2.16 bits per heavy atom. The van der Waals surface area contributed by atoms with E-state index < -0.39 is 58.9 Å². The van der Waals surface area contributed by atoms with Gasteiger partial charge in [-0.15, -0.1) is 0 Å². The van der Waals surface area contributed by atoms with Gasteiger partial charge in [0.05, 0.1) is 11.2 Å². The second kappa shape index (κ2) is 9.18. The maximum atomic E-state index is 14.9. The Kier molecular flexibility index (Phi) is 7.40. The van der Waals surface area contributed by atoms with E-state index in [1.165, 1.54) is 0 Å². The van der Waals surface area contributed by atoms with Crippen LogP contribution in [-0.2, 0) is 14.1 Å². The van der Waals surface area contributed by atoms with Crippen molar-refractivity contribution < 1.29 is 36.1 Å². The minimum Gasteiger partial charge on any atom is -0.399 e. The first-order valence-corrected chi connectivity index (χ1v) is 9.77. The highest BCUT2D eigenvalue weighted by atomic mass is 19.4. The van der Waals surface area contributed by atoms with Crippen molar-refractivity contribution in [3.8, 4) is 0 Å². The lowest BCUT2D eigenvalue weighted by atomic mass is 9.77. The predicted molar refractivity (Wildman–Crippen MR) is 111 cm³/mol. The first-order valence-electron chi connectivity index (χ1n) is 9.77. The first-order chi connectivity index (χ1) is 14.6. The quantitative estimate of drug-likeness (QED) is 0.282. The van der Waals surface area contributed by atoms with E-state index in [1.54, 1.807) is 27.7 Å². The molecule has 0 unspecified atom stereocenters. The molecular weight excluding hydrogens is 436 g/mol. The van der Waals surface area contributed by atoms with Crippen LogP contribution in [0.4, 0.5) is 22.0 Å². The molecule has 0 atom stereocenters. The van der Waals surface area contributed by atoms with Crippen molar-refractivity contribution in [2.45, 2.75) is 57.9 Å². The molecule has 0 aromatic heterocycles. The van der Waals surface area contributed by atoms with E-state index in [9.17, 15) is 26.7 Å². The number of nitrogens with two attached hydrogens (primary N) is 2. The standard InChI is InChI=1S/C20H25BF5N3O3/c1-18(2)19(3,4)32-21(31-18)13-8-7-11(15(22)16(13)23)12(17(28)20(24,25)26)10-29-9-5-6-14(27)30/h7-8,10H,5-6,9,28H2,1-4H3,(H2,27,30)/b17-12+,29-10?. The highest BCUT2D eigenvalue weighted by molar-refractivity contribution is 6.62. The van der Waals surface area contributed by atoms with Gasteiger partial charge in [0.25, 0.3) is 0 Å². The van der Waals surface area contributed by atoms with Gasteiger partial charge < -0.3 is 20.8 Å². The molecule has 4 N–H and O–H groups in total. The van der Waals surface area contributed by atoms with Gasteiger partial charge in [-0.2, -0.15) is 13.2 Å². The van der Waals surface area contributed by atoms with Crippen molar-refractivity contribution in [2.75, 3.05) is 6.54 Å². The fraction of sp³-hybridized carbons (Fsp3) is 0.500. The lowest BCUT2D eigenvalue weighted by Gasteiger charge is -2.32. The van der Waals surface area contributed by atoms with E-state index in [0.29, 0.717) is 6.21 Å². The molecule has 1 aromatic carbocycles. The van der Waals surface area contributed by atoms with Crippen molar-refractivity contribution in [3.05, 3.63) is 35.0 Å². The molecule has 12 heteroatoms. The SMILES string of the molecule is CC1(C)OB(c2ccc(/C(C=NCCCC(N)=O)=C(/N)C(F)(F)F)c(F)c2F)OC1(C)C. The van der Waals surface area contributed by atoms with E-state index in [2.05, 4.69) is 4.99 Å². The molecule has 176 valence electrons. The van der Waals surface area contributed by atoms with Crippen molar-refractivity contribution in [3.63, 3.8) is 0 Å². The van der Waals surface area contributed by atoms with Crippen LogP contribution in [-0.4, -0.2) is 43.2 Å². The predicted octanol–water partition coefficient (Wildman–Crippen LogP) is 2.83. The molecule has 1 heterocycles. The summed E-state index contributed by atoms with van der Waals surface area (Å²) in [5.41, 5.74) is 5.01. The average Bonchev–Trinajstić information content (AvgIpc) is 2.86. The Labute approximate surface area is 183 Å². The zero-order valence-corrected chi connectivity index (χ0v) is 18.1. The summed E-state index contributed by atoms with van der Waals surface area (Å²) < 4.78 is 80.9. The summed E-state index contributed by atoms with van der Waals surface area (Å²) in [4.78, 5) is 14.5. The summed E-state index contributed by atoms with van der Waals surface area (Å²) >= 11 is 0. The third-order valence-corrected chi connectivity index (χ3v) is 5.44. The number of carbonyl (C=O) groups excluding carboxylic acids is 1. The van der Waals surface area contributed by atoms with Gasteiger partial charge in [0.1, 0.15) is 5.70 Å². The number of carbonyl (C=O) groups is 1. The summed E-state index contributed by atoms with van der Waals surface area (Å²) in [5, 5.41) is 0. The molecule has 6 nitrogen and oxygen atoms in total. The summed E-state index contributed by atoms with van der Waals surface area (Å²) in [5.74, 6) is -3.57. The maximum Gasteiger partial charge on any atom is 0.497 e. The number of nitrogens with zero attached hydrogens (tertiary/aromatic N) is 1. The number of amides is 1. The number of primary amides is 1. The smallest absolute Gasteiger partial charge is 0.399 e. The first kappa shape index (κ1) is 25.8. The maximum absolute atomic E-state index is 14.9. The van der Waals surface area contributed by atoms with Crippen LogP contribution in [0, 0.1) is 11.6 Å². The largest absolute Gasteiger partial charge is 0.497 e. The Bertz CT molecular complexity index is 929. The van der Waals surface area contributed by atoms with Gasteiger partial charge >= 0.3 is 13.3 Å². The van der Waals surface area contributed by atoms with Crippen LogP contribution in [0.25, 0.3) is 5.57 Å². The molecule has 0 spiro atoms. The molecule has 1 saturated heterocycles. The fourth-order valence-electron chi connectivity index (χ4n) is 2.86. The van der Waals surface area contributed by atoms with Gasteiger partial charge in [-0.05, 0) is 34.1 Å². The topological polar surface area (TPSA) is 99.9 Å². The van der Waals surface area contributed by atoms with Crippen molar-refractivity contribution >= 4 is 30.3 Å². The number of benzene rings is 1. The highest BCUT2D eigenvalue weighted by Crippen LogP contribution is 2.37. The molecule has 1 aromatic rings. The fourth-order valence-corrected chi connectivity index (χ4v) is 2.86. The number of rotatable bonds is 7. The minimum absolute atomic E-state index is 0.0308. The molecule has 1 aliphatic heterocycles. The summed E-state index contributed by atoms with van der Waals surface area (Å²) in [6.45, 7) is 6.81. The zero-order chi connectivity index (χ0) is 24.5. The molecule has 0 saturated carbocycles. The van der Waals surface area contributed by atoms with Crippen LogP contribution in [0.5, 0.6) is 0 Å². The van der Waals surface area contributed by atoms with Crippen LogP contribution in [0.3, 0.4) is 0 Å². The van der Waals surface area contributed by atoms with Gasteiger partial charge in [0.2, 0.25) is 5.91 Å². The summed E-state index contributed by atoms with van der Waals surface area (Å²) in [6, 6.07) is 2.04. The van der Waals surface area contributed by atoms with Crippen LogP contribution >= 0.6 is 0 Å². The van der Waals surface area contributed by atoms with Crippen molar-refractivity contribution in [2.24, 2.45) is 16.5 Å². The number of alkyl halides is 3. The molecular formula is C20H25BF5N3O3. The normalized spacial score (nSPS) is 18.8. The van der Waals surface area contributed by atoms with E-state index in [0.717, 1.165) is 12.1 Å². The summed E-state index contributed by atoms with van der Waals surface area (Å²) in [6.07, 6.45) is -4.17. The van der Waals surface area contributed by atoms with Crippen LogP contribution in [0.2, 0.25) is 0 Å². The van der Waals surface area contributed by atoms with E-state index in [4.69, 9.17) is 20.8 Å². The lowest BCUT2D eigenvalue weighted by molar-refractivity contribution is -0.118. The average molecular weight is 461 g/mol. The van der Waals surface area contributed by atoms with Crippen LogP contribution < -0.4 is 16.9 Å². The number of hydrogen-bond acceptors (Lipinski definition) is 5. The van der Waals surface area contributed by atoms with E-state index in [1.807, 2.05) is 0 Å². The molecule has 32 heavy (non-hydrogen) atoms. The molecule has 2 rings (SSSR count). The Balaban J connectivity index is 2.45. The van der Waals surface area contributed by atoms with Crippen molar-refractivity contribution in [1.82, 2.24) is 0 Å². The third-order valence-electron chi connectivity index (χ3n) is 5.44. The number of halogens is 5. The van der Waals surface area contributed by atoms with Crippen molar-refractivity contribution in [1.29, 1.82) is 0 Å². The second-order valence-electron chi connectivity index (χ2n) is 8.35. The third kappa shape index (κ3) is 5.47. The lowest BCUT2D eigenvalue weighted by Crippen LogP contribution is -2.41. The number of allylic oxidation sites excluding steroid dienone is 2. The monoisotopic (exact) mass is 461 g/mol. The Hall–Kier alpha value is -2.47. The van der Waals surface area contributed by atoms with E-state index >= 15 is 0 Å². The Morgan fingerprint density at radius 2 is 1.66 bits per heavy atom. The summed E-state index contributed by atoms with van der Waals surface area (Å²) in [7, 11) is -1.25. The highest BCUT2D eigenvalue weighted by Gasteiger charge is 2.52. The van der Waals surface area contributed by atoms with Crippen LogP contribution in [0.15, 0.2) is 22.8 Å². The molecule has 0 aliphatic carbocycles. The van der Waals surface area contributed by atoms with Gasteiger partial charge in [-0.3, -0.25) is 9.79 Å². The minimum atomic E-state index is -5.01. The molecule has 1 amide bonds.